The maximum absolute atomic E-state index is 4.56. The quantitative estimate of drug-likeness (QED) is 0.636. The Balaban J connectivity index is 1.54. The summed E-state index contributed by atoms with van der Waals surface area (Å²) in [5, 5.41) is 7.17. The Hall–Kier alpha value is -0.840. The molecule has 1 N–H and O–H groups in total. The number of thioether (sulfide) groups is 1. The molecule has 1 heterocycles. The van der Waals surface area contributed by atoms with Crippen molar-refractivity contribution in [2.24, 2.45) is 0 Å². The van der Waals surface area contributed by atoms with Crippen molar-refractivity contribution in [2.75, 3.05) is 12.3 Å². The fourth-order valence-electron chi connectivity index (χ4n) is 2.88. The number of nitrogens with one attached hydrogen (secondary N) is 1. The summed E-state index contributed by atoms with van der Waals surface area (Å²) in [5.41, 5.74) is 0.158. The van der Waals surface area contributed by atoms with Crippen LogP contribution < -0.4 is 5.32 Å². The normalized spacial score (nSPS) is 17.4. The Morgan fingerprint density at radius 3 is 2.70 bits per heavy atom. The molecule has 4 heteroatoms. The highest BCUT2D eigenvalue weighted by Gasteiger charge is 2.37. The van der Waals surface area contributed by atoms with Gasteiger partial charge in [-0.05, 0) is 25.0 Å². The van der Waals surface area contributed by atoms with Crippen LogP contribution in [-0.2, 0) is 5.54 Å². The van der Waals surface area contributed by atoms with E-state index >= 15 is 0 Å². The van der Waals surface area contributed by atoms with Gasteiger partial charge in [-0.15, -0.1) is 23.1 Å². The molecule has 20 heavy (non-hydrogen) atoms. The molecule has 1 aromatic carbocycles. The molecule has 0 bridgehead atoms. The molecule has 0 saturated heterocycles. The molecular formula is C16H20N2S2. The zero-order chi connectivity index (χ0) is 13.7. The number of rotatable bonds is 6. The lowest BCUT2D eigenvalue weighted by molar-refractivity contribution is 0.350. The van der Waals surface area contributed by atoms with E-state index in [4.69, 9.17) is 0 Å². The summed E-state index contributed by atoms with van der Waals surface area (Å²) in [6, 6.07) is 10.6. The van der Waals surface area contributed by atoms with Gasteiger partial charge >= 0.3 is 0 Å². The lowest BCUT2D eigenvalue weighted by Gasteiger charge is -2.28. The summed E-state index contributed by atoms with van der Waals surface area (Å²) in [4.78, 5) is 5.91. The molecule has 0 amide bonds. The molecule has 0 unspecified atom stereocenters. The molecular weight excluding hydrogens is 284 g/mol. The highest BCUT2D eigenvalue weighted by molar-refractivity contribution is 7.99. The summed E-state index contributed by atoms with van der Waals surface area (Å²) in [7, 11) is 0. The lowest BCUT2D eigenvalue weighted by Crippen LogP contribution is -2.41. The average Bonchev–Trinajstić information content (AvgIpc) is 3.16. The van der Waals surface area contributed by atoms with Crippen LogP contribution >= 0.6 is 23.1 Å². The van der Waals surface area contributed by atoms with Gasteiger partial charge in [0, 0.05) is 28.8 Å². The van der Waals surface area contributed by atoms with Gasteiger partial charge in [-0.25, -0.2) is 4.98 Å². The number of aromatic nitrogens is 1. The van der Waals surface area contributed by atoms with E-state index in [1.54, 1.807) is 11.3 Å². The highest BCUT2D eigenvalue weighted by atomic mass is 32.2. The van der Waals surface area contributed by atoms with Gasteiger partial charge in [0.15, 0.2) is 0 Å². The summed E-state index contributed by atoms with van der Waals surface area (Å²) in [6.45, 7) is 1.04. The Bertz CT molecular complexity index is 505. The van der Waals surface area contributed by atoms with E-state index in [1.165, 1.54) is 35.6 Å². The molecule has 1 aromatic heterocycles. The van der Waals surface area contributed by atoms with E-state index in [-0.39, 0.29) is 5.54 Å². The van der Waals surface area contributed by atoms with Crippen LogP contribution in [0.3, 0.4) is 0 Å². The predicted octanol–water partition coefficient (Wildman–Crippen LogP) is 4.29. The van der Waals surface area contributed by atoms with E-state index in [0.717, 1.165) is 12.3 Å². The smallest absolute Gasteiger partial charge is 0.113 e. The minimum Gasteiger partial charge on any atom is -0.305 e. The molecule has 2 nitrogen and oxygen atoms in total. The first-order valence-electron chi connectivity index (χ1n) is 7.22. The second-order valence-corrected chi connectivity index (χ2v) is 7.28. The Morgan fingerprint density at radius 2 is 2.00 bits per heavy atom. The van der Waals surface area contributed by atoms with Crippen molar-refractivity contribution in [3.05, 3.63) is 46.9 Å². The fraction of sp³-hybridized carbons (Fsp3) is 0.438. The molecule has 1 aliphatic carbocycles. The third kappa shape index (κ3) is 3.25. The maximum atomic E-state index is 4.56. The minimum absolute atomic E-state index is 0.158. The standard InChI is InChI=1S/C16H20N2S2/c1-2-6-14(7-3-1)19-13-11-18-16(8-4-5-9-16)15-17-10-12-20-15/h1-3,6-7,10,12,18H,4-5,8-9,11,13H2. The number of nitrogens with zero attached hydrogens (tertiary/aromatic N) is 1. The monoisotopic (exact) mass is 304 g/mol. The van der Waals surface area contributed by atoms with E-state index in [2.05, 4.69) is 46.0 Å². The summed E-state index contributed by atoms with van der Waals surface area (Å²) in [5.74, 6) is 1.11. The van der Waals surface area contributed by atoms with Crippen molar-refractivity contribution in [2.45, 2.75) is 36.1 Å². The van der Waals surface area contributed by atoms with Crippen molar-refractivity contribution < 1.29 is 0 Å². The topological polar surface area (TPSA) is 24.9 Å². The zero-order valence-electron chi connectivity index (χ0n) is 11.5. The van der Waals surface area contributed by atoms with Crippen LogP contribution in [0.25, 0.3) is 0 Å². The van der Waals surface area contributed by atoms with Crippen LogP contribution in [0.15, 0.2) is 46.8 Å². The van der Waals surface area contributed by atoms with Gasteiger partial charge in [0.2, 0.25) is 0 Å². The number of hydrogen-bond acceptors (Lipinski definition) is 4. The van der Waals surface area contributed by atoms with Gasteiger partial charge in [0.25, 0.3) is 0 Å². The van der Waals surface area contributed by atoms with E-state index < -0.39 is 0 Å². The summed E-state index contributed by atoms with van der Waals surface area (Å²) >= 11 is 3.71. The Morgan fingerprint density at radius 1 is 1.20 bits per heavy atom. The molecule has 3 rings (SSSR count). The largest absolute Gasteiger partial charge is 0.305 e. The maximum Gasteiger partial charge on any atom is 0.113 e. The molecule has 1 fully saturated rings. The van der Waals surface area contributed by atoms with Gasteiger partial charge < -0.3 is 5.32 Å². The highest BCUT2D eigenvalue weighted by Crippen LogP contribution is 2.39. The molecule has 0 radical (unpaired) electrons. The second-order valence-electron chi connectivity index (χ2n) is 5.21. The van der Waals surface area contributed by atoms with Crippen molar-refractivity contribution in [3.8, 4) is 0 Å². The molecule has 1 aliphatic rings. The van der Waals surface area contributed by atoms with E-state index in [1.807, 2.05) is 18.0 Å². The van der Waals surface area contributed by atoms with Crippen LogP contribution in [0.1, 0.15) is 30.7 Å². The first kappa shape index (κ1) is 14.1. The second kappa shape index (κ2) is 6.74. The van der Waals surface area contributed by atoms with Gasteiger partial charge in [0.1, 0.15) is 5.01 Å². The third-order valence-electron chi connectivity index (χ3n) is 3.88. The first-order valence-corrected chi connectivity index (χ1v) is 9.08. The molecule has 0 aliphatic heterocycles. The van der Waals surface area contributed by atoms with Crippen molar-refractivity contribution in [1.82, 2.24) is 10.3 Å². The van der Waals surface area contributed by atoms with Crippen LogP contribution in [-0.4, -0.2) is 17.3 Å². The predicted molar refractivity (Wildman–Crippen MR) is 87.4 cm³/mol. The number of thiazole rings is 1. The Kier molecular flexibility index (Phi) is 4.76. The third-order valence-corrected chi connectivity index (χ3v) is 5.87. The zero-order valence-corrected chi connectivity index (χ0v) is 13.2. The van der Waals surface area contributed by atoms with Crippen molar-refractivity contribution >= 4 is 23.1 Å². The van der Waals surface area contributed by atoms with Crippen LogP contribution in [0.5, 0.6) is 0 Å². The van der Waals surface area contributed by atoms with Gasteiger partial charge in [-0.2, -0.15) is 0 Å². The molecule has 106 valence electrons. The van der Waals surface area contributed by atoms with Gasteiger partial charge in [0.05, 0.1) is 5.54 Å². The number of benzene rings is 1. The van der Waals surface area contributed by atoms with Gasteiger partial charge in [-0.3, -0.25) is 0 Å². The molecule has 1 saturated carbocycles. The van der Waals surface area contributed by atoms with E-state index in [0.29, 0.717) is 0 Å². The molecule has 0 atom stereocenters. The fourth-order valence-corrected chi connectivity index (χ4v) is 4.54. The SMILES string of the molecule is c1ccc(SCCNC2(c3nccs3)CCCC2)cc1. The van der Waals surface area contributed by atoms with E-state index in [9.17, 15) is 0 Å². The first-order chi connectivity index (χ1) is 9.89. The summed E-state index contributed by atoms with van der Waals surface area (Å²) < 4.78 is 0. The molecule has 0 spiro atoms. The summed E-state index contributed by atoms with van der Waals surface area (Å²) in [6.07, 6.45) is 7.03. The lowest BCUT2D eigenvalue weighted by atomic mass is 9.99. The average molecular weight is 304 g/mol. The van der Waals surface area contributed by atoms with Crippen molar-refractivity contribution in [1.29, 1.82) is 0 Å². The van der Waals surface area contributed by atoms with Crippen molar-refractivity contribution in [3.63, 3.8) is 0 Å². The van der Waals surface area contributed by atoms with Crippen LogP contribution in [0.2, 0.25) is 0 Å². The minimum atomic E-state index is 0.158. The Labute approximate surface area is 129 Å². The number of hydrogen-bond donors (Lipinski definition) is 1. The molecule has 2 aromatic rings. The van der Waals surface area contributed by atoms with Gasteiger partial charge in [-0.1, -0.05) is 31.0 Å². The van der Waals surface area contributed by atoms with Crippen LogP contribution in [0.4, 0.5) is 0 Å². The van der Waals surface area contributed by atoms with Crippen LogP contribution in [0, 0.1) is 0 Å².